The minimum Gasteiger partial charge on any atom is -0.488 e. The number of para-hydroxylation sites is 1. The number of aromatic nitrogens is 1. The molecule has 0 saturated heterocycles. The highest BCUT2D eigenvalue weighted by Crippen LogP contribution is 2.42. The first-order valence-corrected chi connectivity index (χ1v) is 10.1. The Morgan fingerprint density at radius 3 is 2.86 bits per heavy atom. The molecule has 3 aromatic rings. The molecule has 0 saturated carbocycles. The van der Waals surface area contributed by atoms with E-state index in [1.165, 1.54) is 17.4 Å². The van der Waals surface area contributed by atoms with E-state index in [1.54, 1.807) is 13.0 Å². The third-order valence-electron chi connectivity index (χ3n) is 4.22. The molecule has 29 heavy (non-hydrogen) atoms. The van der Waals surface area contributed by atoms with Gasteiger partial charge >= 0.3 is 5.97 Å². The lowest BCUT2D eigenvalue weighted by Gasteiger charge is -2.16. The first kappa shape index (κ1) is 19.7. The van der Waals surface area contributed by atoms with Crippen LogP contribution in [0.4, 0.5) is 5.82 Å². The van der Waals surface area contributed by atoms with Crippen molar-refractivity contribution in [2.45, 2.75) is 13.5 Å². The number of benzene rings is 1. The number of esters is 1. The highest BCUT2D eigenvalue weighted by molar-refractivity contribution is 7.17. The van der Waals surface area contributed by atoms with E-state index < -0.39 is 18.5 Å². The lowest BCUT2D eigenvalue weighted by Crippen LogP contribution is -2.21. The number of rotatable bonds is 4. The Kier molecular flexibility index (Phi) is 5.45. The maximum Gasteiger partial charge on any atom is 0.348 e. The molecule has 0 spiro atoms. The van der Waals surface area contributed by atoms with Crippen molar-refractivity contribution in [3.05, 3.63) is 62.6 Å². The van der Waals surface area contributed by atoms with Crippen LogP contribution in [0.5, 0.6) is 5.75 Å². The van der Waals surface area contributed by atoms with E-state index in [-0.39, 0.29) is 10.8 Å². The van der Waals surface area contributed by atoms with E-state index in [0.29, 0.717) is 22.2 Å². The fourth-order valence-corrected chi connectivity index (χ4v) is 4.31. The summed E-state index contributed by atoms with van der Waals surface area (Å²) in [5.74, 6) is -0.188. The average molecular weight is 449 g/mol. The average Bonchev–Trinajstić information content (AvgIpc) is 3.15. The predicted molar refractivity (Wildman–Crippen MR) is 112 cm³/mol. The van der Waals surface area contributed by atoms with Crippen LogP contribution in [0.25, 0.3) is 10.4 Å². The van der Waals surface area contributed by atoms with Crippen LogP contribution in [0, 0.1) is 6.92 Å². The van der Waals surface area contributed by atoms with Gasteiger partial charge in [0.25, 0.3) is 5.91 Å². The molecule has 4 rings (SSSR count). The molecule has 0 atom stereocenters. The molecule has 9 heteroatoms. The minimum absolute atomic E-state index is 0.162. The zero-order chi connectivity index (χ0) is 20.5. The van der Waals surface area contributed by atoms with Crippen molar-refractivity contribution in [3.63, 3.8) is 0 Å². The summed E-state index contributed by atoms with van der Waals surface area (Å²) < 4.78 is 10.8. The van der Waals surface area contributed by atoms with Gasteiger partial charge in [-0.2, -0.15) is 0 Å². The summed E-state index contributed by atoms with van der Waals surface area (Å²) in [5, 5.41) is 3.11. The molecule has 6 nitrogen and oxygen atoms in total. The van der Waals surface area contributed by atoms with Crippen molar-refractivity contribution in [2.75, 3.05) is 11.9 Å². The molecule has 0 radical (unpaired) electrons. The zero-order valence-corrected chi connectivity index (χ0v) is 17.5. The van der Waals surface area contributed by atoms with Gasteiger partial charge in [0, 0.05) is 16.0 Å². The van der Waals surface area contributed by atoms with Crippen LogP contribution >= 0.6 is 34.5 Å². The first-order chi connectivity index (χ1) is 13.9. The second-order valence-electron chi connectivity index (χ2n) is 6.26. The Labute approximate surface area is 180 Å². The number of fused-ring (bicyclic) bond motifs is 3. The highest BCUT2D eigenvalue weighted by atomic mass is 35.5. The number of ether oxygens (including phenoxy) is 2. The van der Waals surface area contributed by atoms with Crippen LogP contribution < -0.4 is 10.1 Å². The minimum atomic E-state index is -0.580. The number of anilines is 1. The molecule has 0 fully saturated rings. The van der Waals surface area contributed by atoms with Crippen molar-refractivity contribution in [3.8, 4) is 16.2 Å². The van der Waals surface area contributed by atoms with E-state index in [2.05, 4.69) is 10.3 Å². The Balaban J connectivity index is 1.42. The topological polar surface area (TPSA) is 77.5 Å². The molecule has 0 aliphatic carbocycles. The van der Waals surface area contributed by atoms with Gasteiger partial charge in [-0.15, -0.1) is 11.3 Å². The number of hydrogen-bond donors (Lipinski definition) is 1. The number of thiophene rings is 1. The lowest BCUT2D eigenvalue weighted by molar-refractivity contribution is -0.119. The van der Waals surface area contributed by atoms with E-state index in [9.17, 15) is 9.59 Å². The third-order valence-corrected chi connectivity index (χ3v) is 6.08. The maximum atomic E-state index is 12.4. The zero-order valence-electron chi connectivity index (χ0n) is 15.1. The summed E-state index contributed by atoms with van der Waals surface area (Å²) in [6, 6.07) is 10.9. The Morgan fingerprint density at radius 2 is 2.03 bits per heavy atom. The van der Waals surface area contributed by atoms with Gasteiger partial charge in [0.1, 0.15) is 17.2 Å². The summed E-state index contributed by atoms with van der Waals surface area (Å²) in [4.78, 5) is 30.0. The fraction of sp³-hybridized carbons (Fsp3) is 0.150. The van der Waals surface area contributed by atoms with E-state index in [0.717, 1.165) is 21.8 Å². The SMILES string of the molecule is Cc1nc(NC(=O)COC(=O)c2cc3c(s2)-c2ccccc2OC3)c(Cl)cc1Cl. The number of halogens is 2. The normalized spacial score (nSPS) is 11.8. The Morgan fingerprint density at radius 1 is 1.24 bits per heavy atom. The molecular formula is C20H14Cl2N2O4S. The smallest absolute Gasteiger partial charge is 0.348 e. The second-order valence-corrected chi connectivity index (χ2v) is 8.13. The van der Waals surface area contributed by atoms with E-state index in [4.69, 9.17) is 32.7 Å². The summed E-state index contributed by atoms with van der Waals surface area (Å²) in [6.45, 7) is 1.61. The van der Waals surface area contributed by atoms with Gasteiger partial charge in [-0.3, -0.25) is 4.79 Å². The van der Waals surface area contributed by atoms with Gasteiger partial charge in [-0.25, -0.2) is 9.78 Å². The standard InChI is InChI=1S/C20H14Cl2N2O4S/c1-10-13(21)7-14(22)19(23-10)24-17(25)9-28-20(26)16-6-11-8-27-15-5-3-2-4-12(15)18(11)29-16/h2-7H,8-9H2,1H3,(H,23,24,25). The molecule has 3 heterocycles. The maximum absolute atomic E-state index is 12.4. The van der Waals surface area contributed by atoms with Crippen LogP contribution in [0.15, 0.2) is 36.4 Å². The van der Waals surface area contributed by atoms with E-state index >= 15 is 0 Å². The number of nitrogens with one attached hydrogen (secondary N) is 1. The fourth-order valence-electron chi connectivity index (χ4n) is 2.82. The van der Waals surface area contributed by atoms with Crippen molar-refractivity contribution in [1.29, 1.82) is 0 Å². The molecule has 1 amide bonds. The molecule has 0 bridgehead atoms. The van der Waals surface area contributed by atoms with Crippen LogP contribution in [0.1, 0.15) is 20.9 Å². The largest absolute Gasteiger partial charge is 0.488 e. The Hall–Kier alpha value is -2.61. The van der Waals surface area contributed by atoms with Crippen molar-refractivity contribution >= 4 is 52.2 Å². The van der Waals surface area contributed by atoms with Gasteiger partial charge < -0.3 is 14.8 Å². The van der Waals surface area contributed by atoms with Gasteiger partial charge in [0.05, 0.1) is 15.7 Å². The molecule has 1 aliphatic rings. The van der Waals surface area contributed by atoms with Crippen LogP contribution in [0.2, 0.25) is 10.0 Å². The summed E-state index contributed by atoms with van der Waals surface area (Å²) >= 11 is 13.3. The van der Waals surface area contributed by atoms with E-state index in [1.807, 2.05) is 24.3 Å². The second kappa shape index (κ2) is 8.02. The number of amides is 1. The highest BCUT2D eigenvalue weighted by Gasteiger charge is 2.23. The van der Waals surface area contributed by atoms with Crippen molar-refractivity contribution < 1.29 is 19.1 Å². The Bertz CT molecular complexity index is 1130. The van der Waals surface area contributed by atoms with Crippen LogP contribution in [0.3, 0.4) is 0 Å². The third kappa shape index (κ3) is 4.07. The van der Waals surface area contributed by atoms with Gasteiger partial charge in [0.2, 0.25) is 0 Å². The number of hydrogen-bond acceptors (Lipinski definition) is 6. The van der Waals surface area contributed by atoms with Gasteiger partial charge in [0.15, 0.2) is 12.4 Å². The summed E-state index contributed by atoms with van der Waals surface area (Å²) in [7, 11) is 0. The molecule has 2 aromatic heterocycles. The number of carbonyl (C=O) groups is 2. The molecule has 1 N–H and O–H groups in total. The summed E-state index contributed by atoms with van der Waals surface area (Å²) in [5.41, 5.74) is 2.38. The quantitative estimate of drug-likeness (QED) is 0.560. The molecule has 1 aliphatic heterocycles. The molecule has 1 aromatic carbocycles. The summed E-state index contributed by atoms with van der Waals surface area (Å²) in [6.07, 6.45) is 0. The molecule has 148 valence electrons. The lowest BCUT2D eigenvalue weighted by atomic mass is 10.1. The van der Waals surface area contributed by atoms with Crippen LogP contribution in [-0.4, -0.2) is 23.5 Å². The van der Waals surface area contributed by atoms with Gasteiger partial charge in [-0.1, -0.05) is 35.3 Å². The van der Waals surface area contributed by atoms with Gasteiger partial charge in [-0.05, 0) is 31.2 Å². The molecular weight excluding hydrogens is 435 g/mol. The predicted octanol–water partition coefficient (Wildman–Crippen LogP) is 5.11. The van der Waals surface area contributed by atoms with Crippen LogP contribution in [-0.2, 0) is 16.1 Å². The monoisotopic (exact) mass is 448 g/mol. The molecule has 0 unspecified atom stereocenters. The number of aryl methyl sites for hydroxylation is 1. The number of nitrogens with zero attached hydrogens (tertiary/aromatic N) is 1. The number of carbonyl (C=O) groups excluding carboxylic acids is 2. The van der Waals surface area contributed by atoms with Crippen molar-refractivity contribution in [1.82, 2.24) is 4.98 Å². The van der Waals surface area contributed by atoms with Crippen molar-refractivity contribution in [2.24, 2.45) is 0 Å². The first-order valence-electron chi connectivity index (χ1n) is 8.57. The number of pyridine rings is 1.